The molecule has 1 aliphatic heterocycles. The van der Waals surface area contributed by atoms with Crippen molar-refractivity contribution < 1.29 is 9.59 Å². The molecule has 6 heteroatoms. The number of para-hydroxylation sites is 2. The van der Waals surface area contributed by atoms with Crippen LogP contribution < -0.4 is 15.3 Å². The number of hydrogen-bond donors (Lipinski definition) is 1. The fraction of sp³-hybridized carbons (Fsp3) is 0.259. The van der Waals surface area contributed by atoms with Gasteiger partial charge in [0.05, 0.1) is 11.4 Å². The monoisotopic (exact) mass is 505 g/mol. The van der Waals surface area contributed by atoms with Crippen LogP contribution in [-0.2, 0) is 9.59 Å². The van der Waals surface area contributed by atoms with Gasteiger partial charge in [-0.05, 0) is 61.4 Å². The summed E-state index contributed by atoms with van der Waals surface area (Å²) in [6.07, 6.45) is 2.16. The molecule has 1 aliphatic rings. The molecule has 170 valence electrons. The average Bonchev–Trinajstić information content (AvgIpc) is 3.06. The van der Waals surface area contributed by atoms with Crippen LogP contribution >= 0.6 is 15.9 Å². The van der Waals surface area contributed by atoms with Gasteiger partial charge in [0, 0.05) is 16.7 Å². The summed E-state index contributed by atoms with van der Waals surface area (Å²) in [5.74, 6) is -0.394. The van der Waals surface area contributed by atoms with Gasteiger partial charge in [-0.25, -0.2) is 10.0 Å². The van der Waals surface area contributed by atoms with E-state index in [1.807, 2.05) is 85.8 Å². The number of halogens is 1. The third kappa shape index (κ3) is 4.40. The van der Waals surface area contributed by atoms with Crippen LogP contribution in [0, 0.1) is 12.3 Å². The van der Waals surface area contributed by atoms with Gasteiger partial charge in [-0.1, -0.05) is 72.1 Å². The number of hydrazine groups is 1. The zero-order valence-corrected chi connectivity index (χ0v) is 20.5. The van der Waals surface area contributed by atoms with Crippen molar-refractivity contribution in [3.05, 3.63) is 88.9 Å². The van der Waals surface area contributed by atoms with E-state index in [1.165, 1.54) is 0 Å². The van der Waals surface area contributed by atoms with E-state index in [1.54, 1.807) is 10.0 Å². The lowest BCUT2D eigenvalue weighted by Crippen LogP contribution is -2.43. The number of carbonyl (C=O) groups is 2. The maximum Gasteiger partial charge on any atom is 0.263 e. The van der Waals surface area contributed by atoms with E-state index < -0.39 is 5.41 Å². The van der Waals surface area contributed by atoms with Crippen molar-refractivity contribution in [3.8, 4) is 0 Å². The van der Waals surface area contributed by atoms with Gasteiger partial charge in [-0.15, -0.1) is 0 Å². The van der Waals surface area contributed by atoms with Gasteiger partial charge >= 0.3 is 0 Å². The molecule has 0 aromatic heterocycles. The number of unbranched alkanes of at least 4 members (excludes halogenated alkanes) is 1. The summed E-state index contributed by atoms with van der Waals surface area (Å²) in [4.78, 5) is 28.2. The molecule has 3 aromatic carbocycles. The van der Waals surface area contributed by atoms with Gasteiger partial charge in [-0.2, -0.15) is 0 Å². The second kappa shape index (κ2) is 9.79. The minimum Gasteiger partial charge on any atom is -0.383 e. The normalized spacial score (nSPS) is 15.2. The highest BCUT2D eigenvalue weighted by molar-refractivity contribution is 9.10. The number of anilines is 3. The Morgan fingerprint density at radius 3 is 1.88 bits per heavy atom. The quantitative estimate of drug-likeness (QED) is 0.363. The minimum absolute atomic E-state index is 0.197. The predicted octanol–water partition coefficient (Wildman–Crippen LogP) is 6.34. The van der Waals surface area contributed by atoms with Gasteiger partial charge in [-0.3, -0.25) is 9.59 Å². The topological polar surface area (TPSA) is 52.7 Å². The van der Waals surface area contributed by atoms with Crippen LogP contribution in [0.5, 0.6) is 0 Å². The molecule has 0 bridgehead atoms. The number of nitrogens with one attached hydrogen (secondary N) is 1. The van der Waals surface area contributed by atoms with E-state index in [9.17, 15) is 9.59 Å². The average molecular weight is 506 g/mol. The maximum absolute atomic E-state index is 14.1. The lowest BCUT2D eigenvalue weighted by atomic mass is 9.81. The molecule has 5 nitrogen and oxygen atoms in total. The van der Waals surface area contributed by atoms with E-state index in [4.69, 9.17) is 0 Å². The van der Waals surface area contributed by atoms with Crippen LogP contribution in [0.15, 0.2) is 83.3 Å². The molecule has 2 amide bonds. The van der Waals surface area contributed by atoms with Crippen LogP contribution in [0.4, 0.5) is 17.1 Å². The molecule has 0 saturated carbocycles. The van der Waals surface area contributed by atoms with Crippen molar-refractivity contribution in [1.29, 1.82) is 0 Å². The Hall–Kier alpha value is -3.12. The molecular weight excluding hydrogens is 478 g/mol. The van der Waals surface area contributed by atoms with E-state index in [0.717, 1.165) is 28.6 Å². The Kier molecular flexibility index (Phi) is 6.84. The number of rotatable bonds is 8. The number of hydrogen-bond acceptors (Lipinski definition) is 3. The highest BCUT2D eigenvalue weighted by Crippen LogP contribution is 2.42. The Bertz CT molecular complexity index is 1080. The molecule has 33 heavy (non-hydrogen) atoms. The number of carbonyl (C=O) groups excluding carboxylic acids is 2. The van der Waals surface area contributed by atoms with E-state index in [0.29, 0.717) is 17.8 Å². The predicted molar refractivity (Wildman–Crippen MR) is 137 cm³/mol. The standard InChI is InChI=1S/C27H28BrN3O2/c1-3-4-17-27(19-29-21-15-16-24(28)20(2)18-21)25(32)30(22-11-7-5-8-12-22)31(26(27)33)23-13-9-6-10-14-23/h5-16,18,29H,3-4,17,19H2,1-2H3. The molecule has 0 aliphatic carbocycles. The number of aryl methyl sites for hydroxylation is 1. The largest absolute Gasteiger partial charge is 0.383 e. The Morgan fingerprint density at radius 1 is 0.848 bits per heavy atom. The zero-order chi connectivity index (χ0) is 23.4. The van der Waals surface area contributed by atoms with Crippen LogP contribution in [-0.4, -0.2) is 18.4 Å². The van der Waals surface area contributed by atoms with Gasteiger partial charge in [0.2, 0.25) is 0 Å². The summed E-state index contributed by atoms with van der Waals surface area (Å²) in [5.41, 5.74) is 2.14. The van der Waals surface area contributed by atoms with E-state index in [2.05, 4.69) is 28.2 Å². The first-order valence-electron chi connectivity index (χ1n) is 11.3. The van der Waals surface area contributed by atoms with Crippen molar-refractivity contribution in [2.45, 2.75) is 33.1 Å². The van der Waals surface area contributed by atoms with Crippen LogP contribution in [0.3, 0.4) is 0 Å². The van der Waals surface area contributed by atoms with Crippen molar-refractivity contribution >= 4 is 44.8 Å². The maximum atomic E-state index is 14.1. The van der Waals surface area contributed by atoms with Crippen molar-refractivity contribution in [1.82, 2.24) is 0 Å². The number of nitrogens with zero attached hydrogens (tertiary/aromatic N) is 2. The van der Waals surface area contributed by atoms with Crippen LogP contribution in [0.1, 0.15) is 31.7 Å². The first-order valence-corrected chi connectivity index (χ1v) is 12.1. The summed E-state index contributed by atoms with van der Waals surface area (Å²) in [5, 5.41) is 6.48. The molecule has 3 aromatic rings. The third-order valence-corrected chi connectivity index (χ3v) is 7.00. The first-order chi connectivity index (χ1) is 16.0. The van der Waals surface area contributed by atoms with Crippen molar-refractivity contribution in [2.24, 2.45) is 5.41 Å². The highest BCUT2D eigenvalue weighted by atomic mass is 79.9. The second-order valence-corrected chi connectivity index (χ2v) is 9.26. The SMILES string of the molecule is CCCCC1(CNc2ccc(Br)c(C)c2)C(=O)N(c2ccccc2)N(c2ccccc2)C1=O. The fourth-order valence-electron chi connectivity index (χ4n) is 4.22. The zero-order valence-electron chi connectivity index (χ0n) is 18.9. The molecule has 1 N–H and O–H groups in total. The van der Waals surface area contributed by atoms with Crippen LogP contribution in [0.2, 0.25) is 0 Å². The first kappa shape index (κ1) is 23.1. The van der Waals surface area contributed by atoms with Gasteiger partial charge in [0.25, 0.3) is 11.8 Å². The molecule has 1 saturated heterocycles. The van der Waals surface area contributed by atoms with Gasteiger partial charge < -0.3 is 5.32 Å². The summed E-state index contributed by atoms with van der Waals surface area (Å²) in [6, 6.07) is 24.7. The fourth-order valence-corrected chi connectivity index (χ4v) is 4.47. The number of amides is 2. The Labute approximate surface area is 203 Å². The summed E-state index contributed by atoms with van der Waals surface area (Å²) in [6.45, 7) is 4.33. The molecule has 0 atom stereocenters. The summed E-state index contributed by atoms with van der Waals surface area (Å²) in [7, 11) is 0. The lowest BCUT2D eigenvalue weighted by molar-refractivity contribution is -0.134. The smallest absolute Gasteiger partial charge is 0.263 e. The molecule has 1 heterocycles. The van der Waals surface area contributed by atoms with E-state index in [-0.39, 0.29) is 18.4 Å². The molecule has 1 fully saturated rings. The second-order valence-electron chi connectivity index (χ2n) is 8.41. The highest BCUT2D eigenvalue weighted by Gasteiger charge is 2.58. The minimum atomic E-state index is -1.19. The van der Waals surface area contributed by atoms with Crippen LogP contribution in [0.25, 0.3) is 0 Å². The third-order valence-electron chi connectivity index (χ3n) is 6.11. The molecule has 0 radical (unpaired) electrons. The summed E-state index contributed by atoms with van der Waals surface area (Å²) < 4.78 is 1.02. The Morgan fingerprint density at radius 2 is 1.39 bits per heavy atom. The number of benzene rings is 3. The molecule has 4 rings (SSSR count). The van der Waals surface area contributed by atoms with Gasteiger partial charge in [0.15, 0.2) is 0 Å². The lowest BCUT2D eigenvalue weighted by Gasteiger charge is -2.27. The summed E-state index contributed by atoms with van der Waals surface area (Å²) >= 11 is 3.53. The Balaban J connectivity index is 1.77. The van der Waals surface area contributed by atoms with E-state index >= 15 is 0 Å². The molecular formula is C27H28BrN3O2. The molecule has 0 spiro atoms. The van der Waals surface area contributed by atoms with Crippen molar-refractivity contribution in [2.75, 3.05) is 21.9 Å². The van der Waals surface area contributed by atoms with Crippen molar-refractivity contribution in [3.63, 3.8) is 0 Å². The van der Waals surface area contributed by atoms with Gasteiger partial charge in [0.1, 0.15) is 5.41 Å². The molecule has 0 unspecified atom stereocenters.